The number of rotatable bonds is 4. The fourth-order valence-corrected chi connectivity index (χ4v) is 1.39. The van der Waals surface area contributed by atoms with Gasteiger partial charge in [0, 0.05) is 31.3 Å². The van der Waals surface area contributed by atoms with E-state index in [4.69, 9.17) is 9.84 Å². The Kier molecular flexibility index (Phi) is 3.76. The number of nitrogens with one attached hydrogen (secondary N) is 1. The van der Waals surface area contributed by atoms with Gasteiger partial charge >= 0.3 is 5.97 Å². The van der Waals surface area contributed by atoms with Gasteiger partial charge in [-0.25, -0.2) is 4.79 Å². The van der Waals surface area contributed by atoms with Crippen molar-refractivity contribution < 1.29 is 14.6 Å². The molecule has 0 aliphatic carbocycles. The molecule has 74 valence electrons. The largest absolute Gasteiger partial charge is 0.478 e. The van der Waals surface area contributed by atoms with E-state index in [0.29, 0.717) is 5.92 Å². The van der Waals surface area contributed by atoms with Crippen molar-refractivity contribution in [2.75, 3.05) is 13.2 Å². The highest BCUT2D eigenvalue weighted by Crippen LogP contribution is 2.18. The molecule has 0 spiro atoms. The number of hydrogen-bond donors (Lipinski definition) is 2. The highest BCUT2D eigenvalue weighted by Gasteiger charge is 2.22. The van der Waals surface area contributed by atoms with Crippen molar-refractivity contribution in [3.05, 3.63) is 12.3 Å². The Balaban J connectivity index is 2.15. The van der Waals surface area contributed by atoms with E-state index in [-0.39, 0.29) is 6.10 Å². The molecule has 0 bridgehead atoms. The Morgan fingerprint density at radius 3 is 3.08 bits per heavy atom. The first-order chi connectivity index (χ1) is 6.20. The van der Waals surface area contributed by atoms with Crippen LogP contribution in [0.5, 0.6) is 0 Å². The summed E-state index contributed by atoms with van der Waals surface area (Å²) in [5.41, 5.74) is 0. The maximum absolute atomic E-state index is 10.1. The summed E-state index contributed by atoms with van der Waals surface area (Å²) in [4.78, 5) is 10.1. The molecule has 0 amide bonds. The first kappa shape index (κ1) is 10.1. The summed E-state index contributed by atoms with van der Waals surface area (Å²) in [7, 11) is 0. The number of hydrogen-bond acceptors (Lipinski definition) is 3. The van der Waals surface area contributed by atoms with E-state index in [2.05, 4.69) is 5.32 Å². The fourth-order valence-electron chi connectivity index (χ4n) is 1.39. The van der Waals surface area contributed by atoms with E-state index < -0.39 is 5.97 Å². The Hall–Kier alpha value is -1.03. The number of carbonyl (C=O) groups is 1. The van der Waals surface area contributed by atoms with Crippen LogP contribution >= 0.6 is 0 Å². The van der Waals surface area contributed by atoms with Gasteiger partial charge in [0.25, 0.3) is 0 Å². The van der Waals surface area contributed by atoms with E-state index >= 15 is 0 Å². The lowest BCUT2D eigenvalue weighted by molar-refractivity contribution is -0.131. The SMILES string of the molecule is CC1OCCC1CN/C=C/C(=O)O. The smallest absolute Gasteiger partial charge is 0.329 e. The molecule has 0 aromatic carbocycles. The second-order valence-corrected chi connectivity index (χ2v) is 3.20. The molecule has 0 saturated carbocycles. The van der Waals surface area contributed by atoms with E-state index in [9.17, 15) is 4.79 Å². The molecular formula is C9H15NO3. The van der Waals surface area contributed by atoms with Gasteiger partial charge in [0.05, 0.1) is 6.10 Å². The number of carboxylic acid groups (broad SMARTS) is 1. The van der Waals surface area contributed by atoms with Crippen LogP contribution in [0.25, 0.3) is 0 Å². The minimum absolute atomic E-state index is 0.283. The molecule has 2 N–H and O–H groups in total. The number of aliphatic carboxylic acids is 1. The maximum atomic E-state index is 10.1. The van der Waals surface area contributed by atoms with Crippen molar-refractivity contribution in [1.29, 1.82) is 0 Å². The van der Waals surface area contributed by atoms with E-state index in [1.807, 2.05) is 6.92 Å². The van der Waals surface area contributed by atoms with Gasteiger partial charge in [-0.3, -0.25) is 0 Å². The van der Waals surface area contributed by atoms with E-state index in [0.717, 1.165) is 25.6 Å². The molecule has 4 heteroatoms. The fraction of sp³-hybridized carbons (Fsp3) is 0.667. The highest BCUT2D eigenvalue weighted by atomic mass is 16.5. The zero-order valence-electron chi connectivity index (χ0n) is 7.69. The molecule has 13 heavy (non-hydrogen) atoms. The molecule has 1 fully saturated rings. The predicted octanol–water partition coefficient (Wildman–Crippen LogP) is 0.599. The van der Waals surface area contributed by atoms with Crippen LogP contribution in [0, 0.1) is 5.92 Å². The maximum Gasteiger partial charge on any atom is 0.329 e. The zero-order chi connectivity index (χ0) is 9.68. The van der Waals surface area contributed by atoms with Gasteiger partial charge in [0.2, 0.25) is 0 Å². The first-order valence-electron chi connectivity index (χ1n) is 4.44. The van der Waals surface area contributed by atoms with Crippen LogP contribution < -0.4 is 5.32 Å². The van der Waals surface area contributed by atoms with Crippen LogP contribution in [0.2, 0.25) is 0 Å². The second kappa shape index (κ2) is 4.87. The summed E-state index contributed by atoms with van der Waals surface area (Å²) >= 11 is 0. The van der Waals surface area contributed by atoms with Crippen LogP contribution in [-0.4, -0.2) is 30.3 Å². The normalized spacial score (nSPS) is 28.1. The van der Waals surface area contributed by atoms with Gasteiger partial charge in [0.15, 0.2) is 0 Å². The molecule has 1 rings (SSSR count). The van der Waals surface area contributed by atoms with Gasteiger partial charge in [-0.1, -0.05) is 0 Å². The molecule has 0 aromatic rings. The predicted molar refractivity (Wildman–Crippen MR) is 48.3 cm³/mol. The monoisotopic (exact) mass is 185 g/mol. The van der Waals surface area contributed by atoms with Gasteiger partial charge in [-0.15, -0.1) is 0 Å². The highest BCUT2D eigenvalue weighted by molar-refractivity contribution is 5.79. The van der Waals surface area contributed by atoms with Crippen molar-refractivity contribution in [2.24, 2.45) is 5.92 Å². The van der Waals surface area contributed by atoms with Crippen molar-refractivity contribution >= 4 is 5.97 Å². The lowest BCUT2D eigenvalue weighted by Crippen LogP contribution is -2.23. The van der Waals surface area contributed by atoms with E-state index in [1.54, 1.807) is 0 Å². The van der Waals surface area contributed by atoms with Gasteiger partial charge in [0.1, 0.15) is 0 Å². The topological polar surface area (TPSA) is 58.6 Å². The van der Waals surface area contributed by atoms with Crippen molar-refractivity contribution in [1.82, 2.24) is 5.32 Å². The third-order valence-electron chi connectivity index (χ3n) is 2.26. The van der Waals surface area contributed by atoms with Crippen LogP contribution in [0.15, 0.2) is 12.3 Å². The number of ether oxygens (including phenoxy) is 1. The molecule has 0 aromatic heterocycles. The third kappa shape index (κ3) is 3.46. The van der Waals surface area contributed by atoms with Crippen molar-refractivity contribution in [3.63, 3.8) is 0 Å². The summed E-state index contributed by atoms with van der Waals surface area (Å²) in [5.74, 6) is -0.429. The molecule has 4 nitrogen and oxygen atoms in total. The summed E-state index contributed by atoms with van der Waals surface area (Å²) in [6, 6.07) is 0. The second-order valence-electron chi connectivity index (χ2n) is 3.20. The quantitative estimate of drug-likeness (QED) is 0.630. The summed E-state index contributed by atoms with van der Waals surface area (Å²) in [6.45, 7) is 3.64. The summed E-state index contributed by atoms with van der Waals surface area (Å²) < 4.78 is 5.36. The molecule has 1 aliphatic heterocycles. The van der Waals surface area contributed by atoms with Crippen molar-refractivity contribution in [2.45, 2.75) is 19.4 Å². The van der Waals surface area contributed by atoms with Gasteiger partial charge < -0.3 is 15.2 Å². The van der Waals surface area contributed by atoms with Crippen LogP contribution in [0.3, 0.4) is 0 Å². The molecule has 2 unspecified atom stereocenters. The Morgan fingerprint density at radius 1 is 1.77 bits per heavy atom. The average Bonchev–Trinajstić information content (AvgIpc) is 2.45. The Morgan fingerprint density at radius 2 is 2.54 bits per heavy atom. The molecule has 1 aliphatic rings. The van der Waals surface area contributed by atoms with Crippen molar-refractivity contribution in [3.8, 4) is 0 Å². The average molecular weight is 185 g/mol. The zero-order valence-corrected chi connectivity index (χ0v) is 7.69. The first-order valence-corrected chi connectivity index (χ1v) is 4.44. The van der Waals surface area contributed by atoms with E-state index in [1.165, 1.54) is 6.20 Å². The summed E-state index contributed by atoms with van der Waals surface area (Å²) in [5, 5.41) is 11.3. The Labute approximate surface area is 77.6 Å². The lowest BCUT2D eigenvalue weighted by atomic mass is 10.0. The summed E-state index contributed by atoms with van der Waals surface area (Å²) in [6.07, 6.45) is 3.90. The van der Waals surface area contributed by atoms with Crippen LogP contribution in [0.1, 0.15) is 13.3 Å². The third-order valence-corrected chi connectivity index (χ3v) is 2.26. The standard InChI is InChI=1S/C9H15NO3/c1-7-8(3-5-13-7)6-10-4-2-9(11)12/h2,4,7-8,10H,3,5-6H2,1H3,(H,11,12)/b4-2+. The van der Waals surface area contributed by atoms with Gasteiger partial charge in [-0.05, 0) is 13.3 Å². The minimum Gasteiger partial charge on any atom is -0.478 e. The van der Waals surface area contributed by atoms with Crippen LogP contribution in [0.4, 0.5) is 0 Å². The molecule has 1 heterocycles. The molecule has 0 radical (unpaired) electrons. The Bertz CT molecular complexity index is 203. The van der Waals surface area contributed by atoms with Crippen LogP contribution in [-0.2, 0) is 9.53 Å². The lowest BCUT2D eigenvalue weighted by Gasteiger charge is -2.12. The number of carboxylic acids is 1. The minimum atomic E-state index is -0.928. The molecular weight excluding hydrogens is 170 g/mol. The molecule has 2 atom stereocenters. The molecule has 1 saturated heterocycles. The van der Waals surface area contributed by atoms with Gasteiger partial charge in [-0.2, -0.15) is 0 Å².